The van der Waals surface area contributed by atoms with E-state index >= 15 is 0 Å². The van der Waals surface area contributed by atoms with Crippen LogP contribution in [-0.4, -0.2) is 32.1 Å². The van der Waals surface area contributed by atoms with E-state index in [9.17, 15) is 0 Å². The Morgan fingerprint density at radius 2 is 1.75 bits per heavy atom. The maximum atomic E-state index is 5.64. The van der Waals surface area contributed by atoms with Crippen LogP contribution in [0.4, 0.5) is 11.4 Å². The molecule has 0 fully saturated rings. The van der Waals surface area contributed by atoms with Crippen LogP contribution in [0.2, 0.25) is 0 Å². The monoisotopic (exact) mass is 221 g/mol. The molecule has 0 spiro atoms. The molecule has 0 aliphatic carbocycles. The molecule has 1 aromatic carbocycles. The van der Waals surface area contributed by atoms with Gasteiger partial charge in [-0.15, -0.1) is 0 Å². The summed E-state index contributed by atoms with van der Waals surface area (Å²) in [5.41, 5.74) is 7.82. The maximum absolute atomic E-state index is 5.64. The Hall–Kier alpha value is -1.22. The van der Waals surface area contributed by atoms with Gasteiger partial charge < -0.3 is 16.0 Å². The lowest BCUT2D eigenvalue weighted by Gasteiger charge is -2.28. The third-order valence-electron chi connectivity index (χ3n) is 2.43. The molecule has 0 aliphatic heterocycles. The molecule has 0 saturated heterocycles. The van der Waals surface area contributed by atoms with Crippen molar-refractivity contribution in [1.82, 2.24) is 4.90 Å². The summed E-state index contributed by atoms with van der Waals surface area (Å²) in [6, 6.07) is 7.87. The van der Waals surface area contributed by atoms with Crippen LogP contribution in [0.1, 0.15) is 13.8 Å². The van der Waals surface area contributed by atoms with Gasteiger partial charge >= 0.3 is 0 Å². The lowest BCUT2D eigenvalue weighted by molar-refractivity contribution is 0.254. The molecule has 16 heavy (non-hydrogen) atoms. The second kappa shape index (κ2) is 5.21. The Morgan fingerprint density at radius 1 is 1.19 bits per heavy atom. The van der Waals surface area contributed by atoms with Gasteiger partial charge in [-0.1, -0.05) is 13.8 Å². The zero-order valence-electron chi connectivity index (χ0n) is 10.7. The molecule has 0 bridgehead atoms. The van der Waals surface area contributed by atoms with Crippen molar-refractivity contribution < 1.29 is 0 Å². The topological polar surface area (TPSA) is 41.3 Å². The summed E-state index contributed by atoms with van der Waals surface area (Å²) >= 11 is 0. The summed E-state index contributed by atoms with van der Waals surface area (Å²) in [6.07, 6.45) is 0. The second-order valence-corrected chi connectivity index (χ2v) is 5.38. The third kappa shape index (κ3) is 4.53. The van der Waals surface area contributed by atoms with Crippen LogP contribution in [0.5, 0.6) is 0 Å². The fraction of sp³-hybridized carbons (Fsp3) is 0.538. The molecule has 3 N–H and O–H groups in total. The molecular formula is C13H23N3. The van der Waals surface area contributed by atoms with Crippen LogP contribution in [0.15, 0.2) is 24.3 Å². The third-order valence-corrected chi connectivity index (χ3v) is 2.43. The van der Waals surface area contributed by atoms with E-state index in [0.29, 0.717) is 0 Å². The summed E-state index contributed by atoms with van der Waals surface area (Å²) in [7, 11) is 4.20. The minimum Gasteiger partial charge on any atom is -0.399 e. The lowest BCUT2D eigenvalue weighted by Crippen LogP contribution is -2.34. The van der Waals surface area contributed by atoms with Crippen molar-refractivity contribution in [2.75, 3.05) is 38.2 Å². The van der Waals surface area contributed by atoms with Gasteiger partial charge in [-0.25, -0.2) is 0 Å². The molecule has 0 radical (unpaired) electrons. The number of nitrogen functional groups attached to an aromatic ring is 1. The van der Waals surface area contributed by atoms with E-state index in [-0.39, 0.29) is 5.41 Å². The highest BCUT2D eigenvalue weighted by Gasteiger charge is 2.18. The highest BCUT2D eigenvalue weighted by Crippen LogP contribution is 2.18. The maximum Gasteiger partial charge on any atom is 0.0341 e. The zero-order valence-corrected chi connectivity index (χ0v) is 10.7. The van der Waals surface area contributed by atoms with Crippen molar-refractivity contribution in [1.29, 1.82) is 0 Å². The van der Waals surface area contributed by atoms with E-state index in [0.717, 1.165) is 24.5 Å². The molecule has 0 atom stereocenters. The summed E-state index contributed by atoms with van der Waals surface area (Å²) < 4.78 is 0. The number of hydrogen-bond acceptors (Lipinski definition) is 3. The van der Waals surface area contributed by atoms with Gasteiger partial charge in [0.05, 0.1) is 0 Å². The van der Waals surface area contributed by atoms with Crippen molar-refractivity contribution in [2.45, 2.75) is 13.8 Å². The van der Waals surface area contributed by atoms with Crippen LogP contribution in [0.3, 0.4) is 0 Å². The number of nitrogens with zero attached hydrogens (tertiary/aromatic N) is 1. The Bertz CT molecular complexity index is 314. The molecule has 3 heteroatoms. The van der Waals surface area contributed by atoms with Crippen LogP contribution < -0.4 is 11.1 Å². The Morgan fingerprint density at radius 3 is 2.25 bits per heavy atom. The summed E-state index contributed by atoms with van der Waals surface area (Å²) in [5, 5.41) is 3.44. The number of hydrogen-bond donors (Lipinski definition) is 2. The van der Waals surface area contributed by atoms with Gasteiger partial charge in [-0.2, -0.15) is 0 Å². The molecular weight excluding hydrogens is 198 g/mol. The van der Waals surface area contributed by atoms with Crippen LogP contribution >= 0.6 is 0 Å². The minimum atomic E-state index is 0.255. The number of rotatable bonds is 5. The van der Waals surface area contributed by atoms with E-state index in [1.165, 1.54) is 0 Å². The molecule has 3 nitrogen and oxygen atoms in total. The fourth-order valence-corrected chi connectivity index (χ4v) is 1.85. The standard InChI is InChI=1S/C13H23N3/c1-13(2,10-16(3)4)9-15-12-7-5-11(14)6-8-12/h5-8,15H,9-10,14H2,1-4H3. The molecule has 1 aromatic rings. The first-order valence-electron chi connectivity index (χ1n) is 5.63. The van der Waals surface area contributed by atoms with Gasteiger partial charge in [-0.05, 0) is 43.8 Å². The molecule has 0 heterocycles. The van der Waals surface area contributed by atoms with E-state index in [4.69, 9.17) is 5.73 Å². The van der Waals surface area contributed by atoms with Crippen molar-refractivity contribution in [3.63, 3.8) is 0 Å². The van der Waals surface area contributed by atoms with E-state index in [1.807, 2.05) is 24.3 Å². The number of nitrogens with two attached hydrogens (primary N) is 1. The van der Waals surface area contributed by atoms with Crippen molar-refractivity contribution in [3.8, 4) is 0 Å². The van der Waals surface area contributed by atoms with Crippen LogP contribution in [0.25, 0.3) is 0 Å². The fourth-order valence-electron chi connectivity index (χ4n) is 1.85. The first kappa shape index (κ1) is 12.8. The largest absolute Gasteiger partial charge is 0.399 e. The Balaban J connectivity index is 2.47. The van der Waals surface area contributed by atoms with Crippen molar-refractivity contribution in [2.24, 2.45) is 5.41 Å². The second-order valence-electron chi connectivity index (χ2n) is 5.38. The minimum absolute atomic E-state index is 0.255. The lowest BCUT2D eigenvalue weighted by atomic mass is 9.93. The van der Waals surface area contributed by atoms with Gasteiger partial charge in [0.1, 0.15) is 0 Å². The number of anilines is 2. The summed E-state index contributed by atoms with van der Waals surface area (Å²) in [4.78, 5) is 2.21. The normalized spacial score (nSPS) is 11.8. The predicted molar refractivity (Wildman–Crippen MR) is 71.7 cm³/mol. The van der Waals surface area contributed by atoms with Gasteiger partial charge in [0.15, 0.2) is 0 Å². The van der Waals surface area contributed by atoms with E-state index in [1.54, 1.807) is 0 Å². The number of benzene rings is 1. The highest BCUT2D eigenvalue weighted by molar-refractivity contribution is 5.51. The summed E-state index contributed by atoms with van der Waals surface area (Å²) in [6.45, 7) is 6.54. The average molecular weight is 221 g/mol. The van der Waals surface area contributed by atoms with Gasteiger partial charge in [0.25, 0.3) is 0 Å². The smallest absolute Gasteiger partial charge is 0.0341 e. The first-order valence-corrected chi connectivity index (χ1v) is 5.63. The molecule has 1 rings (SSSR count). The summed E-state index contributed by atoms with van der Waals surface area (Å²) in [5.74, 6) is 0. The average Bonchev–Trinajstić information content (AvgIpc) is 2.15. The molecule has 0 aromatic heterocycles. The molecule has 0 aliphatic rings. The molecule has 0 unspecified atom stereocenters. The highest BCUT2D eigenvalue weighted by atomic mass is 15.1. The SMILES string of the molecule is CN(C)CC(C)(C)CNc1ccc(N)cc1. The predicted octanol–water partition coefficient (Wildman–Crippen LogP) is 2.27. The van der Waals surface area contributed by atoms with E-state index in [2.05, 4.69) is 38.2 Å². The molecule has 0 saturated carbocycles. The Labute approximate surface area is 98.6 Å². The number of nitrogens with one attached hydrogen (secondary N) is 1. The van der Waals surface area contributed by atoms with E-state index < -0.39 is 0 Å². The molecule has 0 amide bonds. The Kier molecular flexibility index (Phi) is 4.19. The zero-order chi connectivity index (χ0) is 12.2. The first-order chi connectivity index (χ1) is 7.39. The molecule has 90 valence electrons. The van der Waals surface area contributed by atoms with Crippen LogP contribution in [0, 0.1) is 5.41 Å². The van der Waals surface area contributed by atoms with Crippen molar-refractivity contribution >= 4 is 11.4 Å². The van der Waals surface area contributed by atoms with Gasteiger partial charge in [0, 0.05) is 24.5 Å². The quantitative estimate of drug-likeness (QED) is 0.749. The van der Waals surface area contributed by atoms with Gasteiger partial charge in [0.2, 0.25) is 0 Å². The van der Waals surface area contributed by atoms with Gasteiger partial charge in [-0.3, -0.25) is 0 Å². The van der Waals surface area contributed by atoms with Crippen LogP contribution in [-0.2, 0) is 0 Å². The van der Waals surface area contributed by atoms with Crippen molar-refractivity contribution in [3.05, 3.63) is 24.3 Å².